The predicted molar refractivity (Wildman–Crippen MR) is 143 cm³/mol. The van der Waals surface area contributed by atoms with Crippen LogP contribution in [0, 0.1) is 6.92 Å². The van der Waals surface area contributed by atoms with E-state index < -0.39 is 24.2 Å². The number of carbonyl (C=O) groups excluding carboxylic acids is 4. The van der Waals surface area contributed by atoms with Crippen LogP contribution in [-0.4, -0.2) is 70.7 Å². The zero-order valence-corrected chi connectivity index (χ0v) is 21.9. The van der Waals surface area contributed by atoms with Gasteiger partial charge in [-0.2, -0.15) is 0 Å². The van der Waals surface area contributed by atoms with Gasteiger partial charge in [-0.05, 0) is 50.2 Å². The first kappa shape index (κ1) is 25.9. The van der Waals surface area contributed by atoms with Gasteiger partial charge in [-0.25, -0.2) is 0 Å². The second kappa shape index (κ2) is 11.4. The Kier molecular flexibility index (Phi) is 7.77. The van der Waals surface area contributed by atoms with Crippen LogP contribution in [0.25, 0.3) is 0 Å². The number of benzene rings is 2. The molecule has 3 aliphatic heterocycles. The van der Waals surface area contributed by atoms with Gasteiger partial charge in [0, 0.05) is 32.0 Å². The molecular weight excluding hydrogens is 480 g/mol. The van der Waals surface area contributed by atoms with Crippen molar-refractivity contribution in [1.29, 1.82) is 0 Å². The minimum Gasteiger partial charge on any atom is -0.351 e. The van der Waals surface area contributed by atoms with Gasteiger partial charge in [0.05, 0.1) is 0 Å². The lowest BCUT2D eigenvalue weighted by Gasteiger charge is -2.32. The summed E-state index contributed by atoms with van der Waals surface area (Å²) in [5.74, 6) is -0.909. The first-order chi connectivity index (χ1) is 18.4. The van der Waals surface area contributed by atoms with E-state index in [-0.39, 0.29) is 30.0 Å². The van der Waals surface area contributed by atoms with Crippen LogP contribution in [0.4, 0.5) is 0 Å². The molecule has 2 N–H and O–H groups in total. The number of nitrogens with zero attached hydrogens (tertiary/aromatic N) is 2. The van der Waals surface area contributed by atoms with E-state index >= 15 is 0 Å². The maximum atomic E-state index is 13.9. The summed E-state index contributed by atoms with van der Waals surface area (Å²) in [6, 6.07) is 15.2. The Morgan fingerprint density at radius 3 is 2.08 bits per heavy atom. The topological polar surface area (TPSA) is 98.8 Å². The molecule has 38 heavy (non-hydrogen) atoms. The largest absolute Gasteiger partial charge is 0.351 e. The molecule has 4 amide bonds. The molecule has 5 rings (SSSR count). The molecule has 2 aromatic carbocycles. The average molecular weight is 517 g/mol. The smallest absolute Gasteiger partial charge is 0.246 e. The molecule has 200 valence electrons. The third-order valence-corrected chi connectivity index (χ3v) is 7.96. The number of aryl methyl sites for hydroxylation is 1. The van der Waals surface area contributed by atoms with Crippen molar-refractivity contribution in [1.82, 2.24) is 20.4 Å². The first-order valence-electron chi connectivity index (χ1n) is 13.7. The molecule has 8 nitrogen and oxygen atoms in total. The second-order valence-corrected chi connectivity index (χ2v) is 10.8. The molecule has 0 unspecified atom stereocenters. The highest BCUT2D eigenvalue weighted by atomic mass is 16.2. The third kappa shape index (κ3) is 5.74. The minimum atomic E-state index is -0.790. The molecule has 0 aliphatic carbocycles. The fraction of sp³-hybridized carbons (Fsp3) is 0.467. The highest BCUT2D eigenvalue weighted by Crippen LogP contribution is 2.26. The van der Waals surface area contributed by atoms with Crippen LogP contribution in [-0.2, 0) is 32.0 Å². The van der Waals surface area contributed by atoms with Crippen molar-refractivity contribution >= 4 is 23.6 Å². The van der Waals surface area contributed by atoms with E-state index in [2.05, 4.69) is 10.6 Å². The van der Waals surface area contributed by atoms with E-state index in [0.29, 0.717) is 38.8 Å². The summed E-state index contributed by atoms with van der Waals surface area (Å²) in [5.41, 5.74) is 3.06. The van der Waals surface area contributed by atoms with Crippen LogP contribution in [0.1, 0.15) is 48.8 Å². The standard InChI is InChI=1S/C30H36N4O4/c1-20-11-13-22(14-12-20)18-24-29(37)34-16-6-10-26(34)30(38)33-15-5-9-25(33)28(36)31-23(19-27(35)32-24)17-21-7-3-2-4-8-21/h2-4,7-8,11-14,23-26H,5-6,9-10,15-19H2,1H3,(H,31,36)(H,32,35)/t23-,24-,25-,26-/m0/s1. The van der Waals surface area contributed by atoms with Crippen molar-refractivity contribution < 1.29 is 19.2 Å². The van der Waals surface area contributed by atoms with Gasteiger partial charge in [0.1, 0.15) is 18.1 Å². The van der Waals surface area contributed by atoms with Gasteiger partial charge in [-0.15, -0.1) is 0 Å². The van der Waals surface area contributed by atoms with E-state index in [1.165, 1.54) is 0 Å². The van der Waals surface area contributed by atoms with Crippen molar-refractivity contribution in [2.75, 3.05) is 13.1 Å². The van der Waals surface area contributed by atoms with E-state index in [9.17, 15) is 19.2 Å². The molecule has 0 saturated carbocycles. The van der Waals surface area contributed by atoms with Crippen LogP contribution in [0.5, 0.6) is 0 Å². The number of nitrogens with one attached hydrogen (secondary N) is 2. The second-order valence-electron chi connectivity index (χ2n) is 10.8. The lowest BCUT2D eigenvalue weighted by Crippen LogP contribution is -2.56. The number of rotatable bonds is 4. The maximum absolute atomic E-state index is 13.9. The average Bonchev–Trinajstić information content (AvgIpc) is 3.59. The molecule has 4 atom stereocenters. The summed E-state index contributed by atoms with van der Waals surface area (Å²) in [4.78, 5) is 57.7. The monoisotopic (exact) mass is 516 g/mol. The summed E-state index contributed by atoms with van der Waals surface area (Å²) in [5, 5.41) is 6.05. The van der Waals surface area contributed by atoms with Gasteiger partial charge >= 0.3 is 0 Å². The molecule has 0 aromatic heterocycles. The molecule has 0 bridgehead atoms. The summed E-state index contributed by atoms with van der Waals surface area (Å²) < 4.78 is 0. The Hall–Kier alpha value is -3.68. The Morgan fingerprint density at radius 1 is 0.737 bits per heavy atom. The molecular formula is C30H36N4O4. The lowest BCUT2D eigenvalue weighted by atomic mass is 10.0. The number of carbonyl (C=O) groups is 4. The lowest BCUT2D eigenvalue weighted by molar-refractivity contribution is -0.147. The molecule has 0 spiro atoms. The van der Waals surface area contributed by atoms with Gasteiger partial charge in [-0.3, -0.25) is 19.2 Å². The summed E-state index contributed by atoms with van der Waals surface area (Å²) in [6.45, 7) is 2.97. The quantitative estimate of drug-likeness (QED) is 0.651. The molecule has 3 saturated heterocycles. The van der Waals surface area contributed by atoms with E-state index in [1.54, 1.807) is 9.80 Å². The summed E-state index contributed by atoms with van der Waals surface area (Å²) >= 11 is 0. The number of hydrogen-bond donors (Lipinski definition) is 2. The summed E-state index contributed by atoms with van der Waals surface area (Å²) in [7, 11) is 0. The van der Waals surface area contributed by atoms with Gasteiger partial charge in [0.2, 0.25) is 23.6 Å². The van der Waals surface area contributed by atoms with Gasteiger partial charge < -0.3 is 20.4 Å². The van der Waals surface area contributed by atoms with Crippen molar-refractivity contribution in [2.45, 2.75) is 76.0 Å². The van der Waals surface area contributed by atoms with Crippen LogP contribution in [0.15, 0.2) is 54.6 Å². The predicted octanol–water partition coefficient (Wildman–Crippen LogP) is 2.14. The molecule has 3 aliphatic rings. The highest BCUT2D eigenvalue weighted by Gasteiger charge is 2.44. The fourth-order valence-corrected chi connectivity index (χ4v) is 5.99. The minimum absolute atomic E-state index is 0.0441. The molecule has 0 radical (unpaired) electrons. The van der Waals surface area contributed by atoms with E-state index in [1.807, 2.05) is 61.5 Å². The Bertz CT molecular complexity index is 1180. The SMILES string of the molecule is Cc1ccc(C[C@@H]2NC(=O)C[C@H](Cc3ccccc3)NC(=O)[C@@H]3CCCN3C(=O)[C@@H]3CCCN3C2=O)cc1. The van der Waals surface area contributed by atoms with Crippen LogP contribution < -0.4 is 10.6 Å². The van der Waals surface area contributed by atoms with E-state index in [0.717, 1.165) is 29.5 Å². The maximum Gasteiger partial charge on any atom is 0.246 e. The highest BCUT2D eigenvalue weighted by molar-refractivity contribution is 5.95. The van der Waals surface area contributed by atoms with Crippen LogP contribution in [0.3, 0.4) is 0 Å². The Labute approximate surface area is 223 Å². The van der Waals surface area contributed by atoms with Gasteiger partial charge in [-0.1, -0.05) is 60.2 Å². The normalized spacial score (nSPS) is 26.6. The first-order valence-corrected chi connectivity index (χ1v) is 13.7. The third-order valence-electron chi connectivity index (χ3n) is 7.96. The van der Waals surface area contributed by atoms with E-state index in [4.69, 9.17) is 0 Å². The molecule has 8 heteroatoms. The van der Waals surface area contributed by atoms with Crippen molar-refractivity contribution in [2.24, 2.45) is 0 Å². The van der Waals surface area contributed by atoms with Crippen LogP contribution >= 0.6 is 0 Å². The molecule has 3 heterocycles. The van der Waals surface area contributed by atoms with Crippen molar-refractivity contribution in [3.8, 4) is 0 Å². The Balaban J connectivity index is 1.46. The number of amides is 4. The zero-order chi connectivity index (χ0) is 26.6. The molecule has 2 aromatic rings. The van der Waals surface area contributed by atoms with Gasteiger partial charge in [0.15, 0.2) is 0 Å². The zero-order valence-electron chi connectivity index (χ0n) is 21.9. The van der Waals surface area contributed by atoms with Crippen LogP contribution in [0.2, 0.25) is 0 Å². The molecule has 3 fully saturated rings. The van der Waals surface area contributed by atoms with Gasteiger partial charge in [0.25, 0.3) is 0 Å². The Morgan fingerprint density at radius 2 is 1.37 bits per heavy atom. The fourth-order valence-electron chi connectivity index (χ4n) is 5.99. The van der Waals surface area contributed by atoms with Crippen molar-refractivity contribution in [3.05, 3.63) is 71.3 Å². The number of hydrogen-bond acceptors (Lipinski definition) is 4. The van der Waals surface area contributed by atoms with Crippen molar-refractivity contribution in [3.63, 3.8) is 0 Å². The number of fused-ring (bicyclic) bond motifs is 2. The summed E-state index contributed by atoms with van der Waals surface area (Å²) in [6.07, 6.45) is 3.47.